The van der Waals surface area contributed by atoms with Gasteiger partial charge in [0.25, 0.3) is 0 Å². The lowest BCUT2D eigenvalue weighted by atomic mass is 10.1. The quantitative estimate of drug-likeness (QED) is 0.357. The van der Waals surface area contributed by atoms with Crippen LogP contribution in [0.3, 0.4) is 0 Å². The summed E-state index contributed by atoms with van der Waals surface area (Å²) in [6, 6.07) is 17.2. The number of unbranched alkanes of at least 4 members (excludes halogenated alkanes) is 4. The fourth-order valence-corrected chi connectivity index (χ4v) is 3.35. The molecule has 1 fully saturated rings. The Morgan fingerprint density at radius 3 is 2.30 bits per heavy atom. The van der Waals surface area contributed by atoms with Gasteiger partial charge >= 0.3 is 0 Å². The Labute approximate surface area is 162 Å². The largest absolute Gasteiger partial charge is 0.326 e. The Hall–Kier alpha value is -2.49. The van der Waals surface area contributed by atoms with Gasteiger partial charge in [0.15, 0.2) is 0 Å². The molecule has 142 valence electrons. The van der Waals surface area contributed by atoms with Crippen LogP contribution in [0, 0.1) is 11.8 Å². The van der Waals surface area contributed by atoms with Gasteiger partial charge in [-0.1, -0.05) is 57.2 Å². The van der Waals surface area contributed by atoms with E-state index in [0.29, 0.717) is 5.92 Å². The van der Waals surface area contributed by atoms with Crippen LogP contribution in [0.25, 0.3) is 0 Å². The summed E-state index contributed by atoms with van der Waals surface area (Å²) in [5.74, 6) is 0.950. The summed E-state index contributed by atoms with van der Waals surface area (Å²) in [5, 5.41) is 11.5. The molecule has 0 saturated heterocycles. The van der Waals surface area contributed by atoms with Gasteiger partial charge in [-0.2, -0.15) is 10.2 Å². The molecule has 2 aromatic carbocycles. The van der Waals surface area contributed by atoms with Crippen molar-refractivity contribution in [3.05, 3.63) is 54.6 Å². The lowest BCUT2D eigenvalue weighted by Gasteiger charge is -2.05. The van der Waals surface area contributed by atoms with Gasteiger partial charge in [-0.3, -0.25) is 4.79 Å². The second kappa shape index (κ2) is 10.0. The van der Waals surface area contributed by atoms with Crippen LogP contribution >= 0.6 is 0 Å². The zero-order chi connectivity index (χ0) is 18.9. The number of rotatable bonds is 10. The number of hydrogen-bond donors (Lipinski definition) is 1. The van der Waals surface area contributed by atoms with Crippen molar-refractivity contribution in [1.82, 2.24) is 0 Å². The standard InChI is InChI=1S/C23H29N3O/c1-2-3-4-5-7-10-18-17-22(18)23(27)24-19-13-15-21(16-14-19)26-25-20-11-8-6-9-12-20/h6,8-9,11-16,18,22H,2-5,7,10,17H2,1H3,(H,24,27). The molecule has 2 atom stereocenters. The third kappa shape index (κ3) is 6.31. The van der Waals surface area contributed by atoms with Crippen molar-refractivity contribution < 1.29 is 4.79 Å². The number of carbonyl (C=O) groups is 1. The second-order valence-electron chi connectivity index (χ2n) is 7.38. The minimum absolute atomic E-state index is 0.159. The molecule has 0 radical (unpaired) electrons. The Kier molecular flexibility index (Phi) is 7.14. The number of anilines is 1. The smallest absolute Gasteiger partial charge is 0.227 e. The highest BCUT2D eigenvalue weighted by Gasteiger charge is 2.42. The van der Waals surface area contributed by atoms with Crippen molar-refractivity contribution in [2.45, 2.75) is 51.9 Å². The van der Waals surface area contributed by atoms with E-state index in [9.17, 15) is 4.79 Å². The second-order valence-corrected chi connectivity index (χ2v) is 7.38. The summed E-state index contributed by atoms with van der Waals surface area (Å²) in [6.07, 6.45) is 8.74. The van der Waals surface area contributed by atoms with Gasteiger partial charge in [-0.25, -0.2) is 0 Å². The van der Waals surface area contributed by atoms with E-state index >= 15 is 0 Å². The van der Waals surface area contributed by atoms with E-state index in [1.165, 1.54) is 38.5 Å². The number of hydrogen-bond acceptors (Lipinski definition) is 3. The van der Waals surface area contributed by atoms with Crippen molar-refractivity contribution in [3.63, 3.8) is 0 Å². The molecular formula is C23H29N3O. The number of azo groups is 1. The van der Waals surface area contributed by atoms with E-state index in [2.05, 4.69) is 22.5 Å². The SMILES string of the molecule is CCCCCCCC1CC1C(=O)Nc1ccc(N=Nc2ccccc2)cc1. The summed E-state index contributed by atoms with van der Waals surface area (Å²) in [6.45, 7) is 2.24. The van der Waals surface area contributed by atoms with Gasteiger partial charge < -0.3 is 5.32 Å². The fraction of sp³-hybridized carbons (Fsp3) is 0.435. The van der Waals surface area contributed by atoms with Crippen LogP contribution in [-0.2, 0) is 4.79 Å². The van der Waals surface area contributed by atoms with Crippen LogP contribution in [0.1, 0.15) is 51.9 Å². The molecule has 1 aliphatic carbocycles. The Balaban J connectivity index is 1.41. The molecule has 0 bridgehead atoms. The normalized spacial score (nSPS) is 18.6. The third-order valence-electron chi connectivity index (χ3n) is 5.11. The van der Waals surface area contributed by atoms with E-state index in [1.54, 1.807) is 0 Å². The van der Waals surface area contributed by atoms with E-state index in [-0.39, 0.29) is 11.8 Å². The average molecular weight is 364 g/mol. The molecule has 2 unspecified atom stereocenters. The number of nitrogens with one attached hydrogen (secondary N) is 1. The van der Waals surface area contributed by atoms with Gasteiger partial charge in [0.2, 0.25) is 5.91 Å². The first-order valence-corrected chi connectivity index (χ1v) is 10.1. The molecule has 0 aliphatic heterocycles. The maximum absolute atomic E-state index is 12.4. The van der Waals surface area contributed by atoms with Crippen LogP contribution in [0.2, 0.25) is 0 Å². The van der Waals surface area contributed by atoms with Crippen molar-refractivity contribution in [1.29, 1.82) is 0 Å². The van der Waals surface area contributed by atoms with Crippen LogP contribution < -0.4 is 5.32 Å². The van der Waals surface area contributed by atoms with Crippen LogP contribution in [0.5, 0.6) is 0 Å². The maximum atomic E-state index is 12.4. The van der Waals surface area contributed by atoms with Crippen molar-refractivity contribution in [2.24, 2.45) is 22.1 Å². The third-order valence-corrected chi connectivity index (χ3v) is 5.11. The average Bonchev–Trinajstić information content (AvgIpc) is 3.48. The van der Waals surface area contributed by atoms with Crippen molar-refractivity contribution in [3.8, 4) is 0 Å². The number of carbonyl (C=O) groups excluding carboxylic acids is 1. The van der Waals surface area contributed by atoms with E-state index < -0.39 is 0 Å². The predicted molar refractivity (Wildman–Crippen MR) is 111 cm³/mol. The summed E-state index contributed by atoms with van der Waals surface area (Å²) < 4.78 is 0. The number of benzene rings is 2. The molecule has 0 spiro atoms. The van der Waals surface area contributed by atoms with Gasteiger partial charge in [-0.15, -0.1) is 0 Å². The lowest BCUT2D eigenvalue weighted by molar-refractivity contribution is -0.117. The molecule has 3 rings (SSSR count). The number of amides is 1. The molecule has 0 heterocycles. The van der Waals surface area contributed by atoms with E-state index in [4.69, 9.17) is 0 Å². The monoisotopic (exact) mass is 363 g/mol. The maximum Gasteiger partial charge on any atom is 0.227 e. The van der Waals surface area contributed by atoms with E-state index in [1.807, 2.05) is 54.6 Å². The molecular weight excluding hydrogens is 334 g/mol. The molecule has 1 N–H and O–H groups in total. The topological polar surface area (TPSA) is 53.8 Å². The minimum Gasteiger partial charge on any atom is -0.326 e. The molecule has 1 aliphatic rings. The van der Waals surface area contributed by atoms with Gasteiger partial charge in [0.05, 0.1) is 11.4 Å². The highest BCUT2D eigenvalue weighted by molar-refractivity contribution is 5.94. The van der Waals surface area contributed by atoms with Crippen LogP contribution in [0.4, 0.5) is 17.1 Å². The predicted octanol–water partition coefficient (Wildman–Crippen LogP) is 7.04. The summed E-state index contributed by atoms with van der Waals surface area (Å²) in [4.78, 5) is 12.4. The summed E-state index contributed by atoms with van der Waals surface area (Å²) in [7, 11) is 0. The van der Waals surface area contributed by atoms with Crippen LogP contribution in [-0.4, -0.2) is 5.91 Å². The lowest BCUT2D eigenvalue weighted by Crippen LogP contribution is -2.14. The fourth-order valence-electron chi connectivity index (χ4n) is 3.35. The minimum atomic E-state index is 0.159. The Morgan fingerprint density at radius 2 is 1.59 bits per heavy atom. The molecule has 1 amide bonds. The highest BCUT2D eigenvalue weighted by Crippen LogP contribution is 2.43. The van der Waals surface area contributed by atoms with Crippen molar-refractivity contribution in [2.75, 3.05) is 5.32 Å². The van der Waals surface area contributed by atoms with Gasteiger partial charge in [0.1, 0.15) is 0 Å². The zero-order valence-corrected chi connectivity index (χ0v) is 16.1. The highest BCUT2D eigenvalue weighted by atomic mass is 16.2. The first-order valence-electron chi connectivity index (χ1n) is 10.1. The first-order chi connectivity index (χ1) is 13.3. The van der Waals surface area contributed by atoms with Gasteiger partial charge in [0, 0.05) is 11.6 Å². The summed E-state index contributed by atoms with van der Waals surface area (Å²) in [5.41, 5.74) is 2.42. The van der Waals surface area contributed by atoms with Crippen molar-refractivity contribution >= 4 is 23.0 Å². The van der Waals surface area contributed by atoms with E-state index in [0.717, 1.165) is 23.5 Å². The molecule has 4 heteroatoms. The molecule has 1 saturated carbocycles. The first kappa shape index (κ1) is 19.3. The van der Waals surface area contributed by atoms with Gasteiger partial charge in [-0.05, 0) is 55.2 Å². The number of nitrogens with zero attached hydrogens (tertiary/aromatic N) is 2. The van der Waals surface area contributed by atoms with Crippen LogP contribution in [0.15, 0.2) is 64.8 Å². The Bertz CT molecular complexity index is 740. The summed E-state index contributed by atoms with van der Waals surface area (Å²) >= 11 is 0. The Morgan fingerprint density at radius 1 is 0.926 bits per heavy atom. The molecule has 0 aromatic heterocycles. The molecule has 27 heavy (non-hydrogen) atoms. The zero-order valence-electron chi connectivity index (χ0n) is 16.1. The molecule has 4 nitrogen and oxygen atoms in total. The molecule has 2 aromatic rings.